The first-order valence-electron chi connectivity index (χ1n) is 7.38. The molecule has 0 bridgehead atoms. The fourth-order valence-electron chi connectivity index (χ4n) is 2.63. The third-order valence-electron chi connectivity index (χ3n) is 3.78. The first kappa shape index (κ1) is 17.0. The van der Waals surface area contributed by atoms with Crippen LogP contribution in [0.25, 0.3) is 0 Å². The molecule has 1 N–H and O–H groups in total. The Bertz CT molecular complexity index is 849. The number of halogens is 1. The molecule has 1 aliphatic rings. The van der Waals surface area contributed by atoms with Crippen molar-refractivity contribution < 1.29 is 17.6 Å². The Morgan fingerprint density at radius 1 is 1.38 bits per heavy atom. The highest BCUT2D eigenvalue weighted by Crippen LogP contribution is 2.27. The second kappa shape index (κ2) is 6.58. The summed E-state index contributed by atoms with van der Waals surface area (Å²) in [7, 11) is -3.85. The summed E-state index contributed by atoms with van der Waals surface area (Å²) in [6, 6.07) is 3.82. The van der Waals surface area contributed by atoms with Crippen molar-refractivity contribution in [2.24, 2.45) is 0 Å². The van der Waals surface area contributed by atoms with Gasteiger partial charge in [0, 0.05) is 11.9 Å². The van der Waals surface area contributed by atoms with Gasteiger partial charge in [0.2, 0.25) is 15.9 Å². The molecule has 0 radical (unpaired) electrons. The summed E-state index contributed by atoms with van der Waals surface area (Å²) in [5.41, 5.74) is 0.789. The van der Waals surface area contributed by atoms with Crippen molar-refractivity contribution in [1.29, 1.82) is 0 Å². The summed E-state index contributed by atoms with van der Waals surface area (Å²) in [6.45, 7) is 2.07. The zero-order chi connectivity index (χ0) is 17.3. The van der Waals surface area contributed by atoms with Crippen molar-refractivity contribution in [3.8, 4) is 0 Å². The topological polar surface area (TPSA) is 79.4 Å². The maximum atomic E-state index is 13.0. The summed E-state index contributed by atoms with van der Waals surface area (Å²) >= 11 is 1.29. The third kappa shape index (κ3) is 3.33. The number of sulfonamides is 1. The Morgan fingerprint density at radius 3 is 2.71 bits per heavy atom. The Morgan fingerprint density at radius 2 is 2.08 bits per heavy atom. The van der Waals surface area contributed by atoms with Crippen molar-refractivity contribution in [3.05, 3.63) is 41.2 Å². The van der Waals surface area contributed by atoms with E-state index < -0.39 is 27.8 Å². The number of anilines is 1. The van der Waals surface area contributed by atoms with Crippen LogP contribution in [0.3, 0.4) is 0 Å². The Labute approximate surface area is 143 Å². The van der Waals surface area contributed by atoms with Gasteiger partial charge in [-0.1, -0.05) is 0 Å². The summed E-state index contributed by atoms with van der Waals surface area (Å²) < 4.78 is 39.7. The summed E-state index contributed by atoms with van der Waals surface area (Å²) in [5.74, 6) is -0.906. The second-order valence-corrected chi connectivity index (χ2v) is 8.26. The van der Waals surface area contributed by atoms with Gasteiger partial charge in [0.15, 0.2) is 5.13 Å². The molecule has 1 atom stereocenters. The minimum Gasteiger partial charge on any atom is -0.301 e. The van der Waals surface area contributed by atoms with E-state index in [1.807, 2.05) is 6.92 Å². The van der Waals surface area contributed by atoms with Crippen LogP contribution in [-0.4, -0.2) is 36.2 Å². The lowest BCUT2D eigenvalue weighted by Crippen LogP contribution is -2.43. The highest BCUT2D eigenvalue weighted by atomic mass is 32.2. The number of aryl methyl sites for hydroxylation is 1. The van der Waals surface area contributed by atoms with Crippen molar-refractivity contribution in [3.63, 3.8) is 0 Å². The fraction of sp³-hybridized carbons (Fsp3) is 0.333. The van der Waals surface area contributed by atoms with Gasteiger partial charge in [-0.3, -0.25) is 4.79 Å². The smallest absolute Gasteiger partial charge is 0.244 e. The van der Waals surface area contributed by atoms with Gasteiger partial charge in [0.05, 0.1) is 10.6 Å². The number of carbonyl (C=O) groups is 1. The zero-order valence-corrected chi connectivity index (χ0v) is 14.5. The number of rotatable bonds is 4. The van der Waals surface area contributed by atoms with Crippen LogP contribution in [0.5, 0.6) is 0 Å². The fourth-order valence-corrected chi connectivity index (χ4v) is 4.98. The molecular formula is C15H16FN3O3S2. The third-order valence-corrected chi connectivity index (χ3v) is 6.57. The first-order chi connectivity index (χ1) is 11.4. The van der Waals surface area contributed by atoms with Gasteiger partial charge in [0.1, 0.15) is 11.9 Å². The van der Waals surface area contributed by atoms with Crippen LogP contribution in [0, 0.1) is 12.7 Å². The molecule has 2 heterocycles. The lowest BCUT2D eigenvalue weighted by atomic mass is 10.2. The van der Waals surface area contributed by atoms with E-state index >= 15 is 0 Å². The monoisotopic (exact) mass is 369 g/mol. The van der Waals surface area contributed by atoms with Crippen LogP contribution >= 0.6 is 11.3 Å². The quantitative estimate of drug-likeness (QED) is 0.897. The van der Waals surface area contributed by atoms with Crippen molar-refractivity contribution >= 4 is 32.4 Å². The van der Waals surface area contributed by atoms with Crippen LogP contribution in [0.2, 0.25) is 0 Å². The van der Waals surface area contributed by atoms with Crippen molar-refractivity contribution in [2.45, 2.75) is 30.7 Å². The lowest BCUT2D eigenvalue weighted by Gasteiger charge is -2.23. The molecule has 1 amide bonds. The molecule has 3 rings (SSSR count). The molecule has 1 aromatic heterocycles. The number of amides is 1. The molecule has 2 aromatic rings. The maximum absolute atomic E-state index is 13.0. The summed E-state index contributed by atoms with van der Waals surface area (Å²) in [6.07, 6.45) is 1.03. The van der Waals surface area contributed by atoms with E-state index in [0.29, 0.717) is 18.0 Å². The molecule has 9 heteroatoms. The zero-order valence-electron chi connectivity index (χ0n) is 12.9. The van der Waals surface area contributed by atoms with E-state index in [1.54, 1.807) is 5.38 Å². The average molecular weight is 369 g/mol. The molecule has 1 fully saturated rings. The number of thiazole rings is 1. The summed E-state index contributed by atoms with van der Waals surface area (Å²) in [4.78, 5) is 16.6. The second-order valence-electron chi connectivity index (χ2n) is 5.51. The molecule has 6 nitrogen and oxygen atoms in total. The Kier molecular flexibility index (Phi) is 4.66. The molecule has 0 aliphatic carbocycles. The first-order valence-corrected chi connectivity index (χ1v) is 9.70. The molecule has 1 aliphatic heterocycles. The molecule has 1 saturated heterocycles. The minimum absolute atomic E-state index is 0.0197. The van der Waals surface area contributed by atoms with E-state index in [1.165, 1.54) is 27.8 Å². The molecule has 128 valence electrons. The van der Waals surface area contributed by atoms with Crippen molar-refractivity contribution in [2.75, 3.05) is 11.9 Å². The van der Waals surface area contributed by atoms with Crippen LogP contribution < -0.4 is 5.32 Å². The van der Waals surface area contributed by atoms with Crippen LogP contribution in [-0.2, 0) is 14.8 Å². The normalized spacial score (nSPS) is 18.7. The van der Waals surface area contributed by atoms with Crippen molar-refractivity contribution in [1.82, 2.24) is 9.29 Å². The Hall–Kier alpha value is -1.84. The molecule has 0 spiro atoms. The number of nitrogens with zero attached hydrogens (tertiary/aromatic N) is 2. The van der Waals surface area contributed by atoms with Gasteiger partial charge in [0.25, 0.3) is 0 Å². The number of carbonyl (C=O) groups excluding carboxylic acids is 1. The van der Waals surface area contributed by atoms with Gasteiger partial charge in [-0.15, -0.1) is 11.3 Å². The largest absolute Gasteiger partial charge is 0.301 e. The van der Waals surface area contributed by atoms with E-state index in [4.69, 9.17) is 0 Å². The maximum Gasteiger partial charge on any atom is 0.244 e. The lowest BCUT2D eigenvalue weighted by molar-refractivity contribution is -0.119. The molecule has 1 unspecified atom stereocenters. The summed E-state index contributed by atoms with van der Waals surface area (Å²) in [5, 5.41) is 4.92. The van der Waals surface area contributed by atoms with E-state index in [0.717, 1.165) is 17.8 Å². The predicted molar refractivity (Wildman–Crippen MR) is 88.8 cm³/mol. The standard InChI is InChI=1S/C15H16FN3O3S2/c1-10-9-23-15(17-10)18-14(20)13-3-2-8-19(13)24(21,22)12-6-4-11(16)5-7-12/h4-7,9,13H,2-3,8H2,1H3,(H,17,18,20). The number of nitrogens with one attached hydrogen (secondary N) is 1. The van der Waals surface area contributed by atoms with E-state index in [9.17, 15) is 17.6 Å². The molecule has 1 aromatic carbocycles. The molecular weight excluding hydrogens is 353 g/mol. The van der Waals surface area contributed by atoms with Gasteiger partial charge >= 0.3 is 0 Å². The van der Waals surface area contributed by atoms with Crippen LogP contribution in [0.1, 0.15) is 18.5 Å². The highest BCUT2D eigenvalue weighted by molar-refractivity contribution is 7.89. The average Bonchev–Trinajstić information content (AvgIpc) is 3.17. The van der Waals surface area contributed by atoms with E-state index in [-0.39, 0.29) is 11.4 Å². The van der Waals surface area contributed by atoms with Crippen LogP contribution in [0.15, 0.2) is 34.5 Å². The number of hydrogen-bond acceptors (Lipinski definition) is 5. The Balaban J connectivity index is 1.81. The number of benzene rings is 1. The molecule has 0 saturated carbocycles. The van der Waals surface area contributed by atoms with Gasteiger partial charge < -0.3 is 5.32 Å². The number of hydrogen-bond donors (Lipinski definition) is 1. The van der Waals surface area contributed by atoms with E-state index in [2.05, 4.69) is 10.3 Å². The van der Waals surface area contributed by atoms with Crippen LogP contribution in [0.4, 0.5) is 9.52 Å². The van der Waals surface area contributed by atoms with Gasteiger partial charge in [-0.2, -0.15) is 4.31 Å². The predicted octanol–water partition coefficient (Wildman–Crippen LogP) is 2.38. The highest BCUT2D eigenvalue weighted by Gasteiger charge is 2.39. The SMILES string of the molecule is Cc1csc(NC(=O)C2CCCN2S(=O)(=O)c2ccc(F)cc2)n1. The number of aromatic nitrogens is 1. The van der Waals surface area contributed by atoms with Gasteiger partial charge in [-0.25, -0.2) is 17.8 Å². The minimum atomic E-state index is -3.85. The van der Waals surface area contributed by atoms with Gasteiger partial charge in [-0.05, 0) is 44.0 Å². The molecule has 24 heavy (non-hydrogen) atoms.